The third kappa shape index (κ3) is 3.87. The van der Waals surface area contributed by atoms with Crippen molar-refractivity contribution in [2.75, 3.05) is 13.1 Å². The molecule has 1 fully saturated rings. The number of nitrogens with zero attached hydrogens (tertiary/aromatic N) is 4. The smallest absolute Gasteiger partial charge is 0.243 e. The van der Waals surface area contributed by atoms with E-state index in [1.54, 1.807) is 33.5 Å². The number of ketones is 1. The van der Waals surface area contributed by atoms with Crippen molar-refractivity contribution in [2.45, 2.75) is 38.1 Å². The molecule has 9 heteroatoms. The Kier molecular flexibility index (Phi) is 5.38. The van der Waals surface area contributed by atoms with Gasteiger partial charge in [0.1, 0.15) is 5.65 Å². The molecule has 0 radical (unpaired) electrons. The van der Waals surface area contributed by atoms with Crippen LogP contribution in [0.25, 0.3) is 22.2 Å². The normalized spacial score (nSPS) is 14.8. The first-order chi connectivity index (χ1) is 15.8. The maximum absolute atomic E-state index is 12.8. The summed E-state index contributed by atoms with van der Waals surface area (Å²) in [5.41, 5.74) is 4.99. The Balaban J connectivity index is 1.46. The van der Waals surface area contributed by atoms with E-state index in [1.807, 2.05) is 31.2 Å². The maximum atomic E-state index is 12.8. The van der Waals surface area contributed by atoms with Crippen LogP contribution in [-0.4, -0.2) is 51.3 Å². The Labute approximate surface area is 192 Å². The lowest BCUT2D eigenvalue weighted by Gasteiger charge is -2.15. The molecule has 0 bridgehead atoms. The van der Waals surface area contributed by atoms with Crippen molar-refractivity contribution in [3.63, 3.8) is 0 Å². The number of H-pyrrole nitrogens is 1. The molecule has 170 valence electrons. The van der Waals surface area contributed by atoms with Gasteiger partial charge in [0, 0.05) is 36.1 Å². The lowest BCUT2D eigenvalue weighted by molar-refractivity contribution is 0.101. The molecule has 8 nitrogen and oxygen atoms in total. The molecule has 1 saturated heterocycles. The highest BCUT2D eigenvalue weighted by Crippen LogP contribution is 2.30. The van der Waals surface area contributed by atoms with Crippen molar-refractivity contribution in [3.8, 4) is 11.1 Å². The van der Waals surface area contributed by atoms with Crippen molar-refractivity contribution in [1.29, 1.82) is 0 Å². The van der Waals surface area contributed by atoms with E-state index in [0.29, 0.717) is 30.1 Å². The van der Waals surface area contributed by atoms with Gasteiger partial charge in [-0.25, -0.2) is 13.4 Å². The first kappa shape index (κ1) is 21.5. The third-order valence-electron chi connectivity index (χ3n) is 6.26. The van der Waals surface area contributed by atoms with E-state index in [2.05, 4.69) is 15.1 Å². The van der Waals surface area contributed by atoms with Gasteiger partial charge in [-0.3, -0.25) is 9.48 Å². The van der Waals surface area contributed by atoms with Crippen LogP contribution in [-0.2, 0) is 16.6 Å². The number of aromatic nitrogens is 4. The minimum Gasteiger partial charge on any atom is -0.342 e. The number of nitrogens with one attached hydrogen (secondary N) is 1. The highest BCUT2D eigenvalue weighted by Gasteiger charge is 2.27. The fourth-order valence-corrected chi connectivity index (χ4v) is 5.93. The Morgan fingerprint density at radius 3 is 2.52 bits per heavy atom. The first-order valence-electron chi connectivity index (χ1n) is 10.9. The van der Waals surface area contributed by atoms with E-state index in [1.165, 1.54) is 6.92 Å². The zero-order chi connectivity index (χ0) is 23.2. The molecule has 0 amide bonds. The maximum Gasteiger partial charge on any atom is 0.243 e. The van der Waals surface area contributed by atoms with Crippen molar-refractivity contribution in [1.82, 2.24) is 24.1 Å². The van der Waals surface area contributed by atoms with Gasteiger partial charge in [-0.1, -0.05) is 12.1 Å². The standard InChI is InChI=1S/C24H25N5O3S/c1-16-23(17(2)30)14-26-29(16)15-19-13-22-21(9-10-25-24(22)27-19)18-5-7-20(8-6-18)33(31,32)28-11-3-4-12-28/h5-10,13-14H,3-4,11-12,15H2,1-2H3,(H,25,27). The molecular formula is C24H25N5O3S. The van der Waals surface area contributed by atoms with E-state index in [9.17, 15) is 13.2 Å². The van der Waals surface area contributed by atoms with E-state index in [4.69, 9.17) is 0 Å². The number of Topliss-reactive ketones (excluding diaryl/α,β-unsaturated/α-hetero) is 1. The summed E-state index contributed by atoms with van der Waals surface area (Å²) >= 11 is 0. The molecule has 4 aromatic rings. The summed E-state index contributed by atoms with van der Waals surface area (Å²) in [7, 11) is -3.44. The van der Waals surface area contributed by atoms with Crippen LogP contribution >= 0.6 is 0 Å². The average molecular weight is 464 g/mol. The predicted octanol–water partition coefficient (Wildman–Crippen LogP) is 3.77. The topological polar surface area (TPSA) is 101 Å². The Morgan fingerprint density at radius 1 is 1.12 bits per heavy atom. The van der Waals surface area contributed by atoms with Crippen LogP contribution in [0.2, 0.25) is 0 Å². The van der Waals surface area contributed by atoms with Crippen LogP contribution in [0, 0.1) is 6.92 Å². The molecule has 1 aliphatic rings. The zero-order valence-corrected chi connectivity index (χ0v) is 19.4. The molecule has 0 unspecified atom stereocenters. The Morgan fingerprint density at radius 2 is 1.85 bits per heavy atom. The number of hydrogen-bond acceptors (Lipinski definition) is 5. The predicted molar refractivity (Wildman–Crippen MR) is 126 cm³/mol. The number of benzene rings is 1. The summed E-state index contributed by atoms with van der Waals surface area (Å²) in [5.74, 6) is -0.00505. The monoisotopic (exact) mass is 463 g/mol. The molecule has 1 aliphatic heterocycles. The van der Waals surface area contributed by atoms with Gasteiger partial charge in [0.05, 0.1) is 23.2 Å². The largest absolute Gasteiger partial charge is 0.342 e. The van der Waals surface area contributed by atoms with E-state index < -0.39 is 10.0 Å². The molecule has 33 heavy (non-hydrogen) atoms. The molecule has 4 heterocycles. The fourth-order valence-electron chi connectivity index (χ4n) is 4.42. The molecule has 0 aliphatic carbocycles. The minimum absolute atomic E-state index is 0.00505. The van der Waals surface area contributed by atoms with Gasteiger partial charge in [0.2, 0.25) is 10.0 Å². The second-order valence-corrected chi connectivity index (χ2v) is 10.3. The molecule has 5 rings (SSSR count). The Bertz CT molecular complexity index is 1450. The summed E-state index contributed by atoms with van der Waals surface area (Å²) in [6.45, 7) is 5.08. The number of pyridine rings is 1. The molecular weight excluding hydrogens is 438 g/mol. The summed E-state index contributed by atoms with van der Waals surface area (Å²) in [6, 6.07) is 11.0. The van der Waals surface area contributed by atoms with Crippen LogP contribution in [0.3, 0.4) is 0 Å². The third-order valence-corrected chi connectivity index (χ3v) is 8.17. The van der Waals surface area contributed by atoms with Gasteiger partial charge in [0.15, 0.2) is 5.78 Å². The number of fused-ring (bicyclic) bond motifs is 1. The van der Waals surface area contributed by atoms with Crippen molar-refractivity contribution in [3.05, 3.63) is 65.7 Å². The van der Waals surface area contributed by atoms with E-state index in [-0.39, 0.29) is 5.78 Å². The molecule has 1 aromatic carbocycles. The van der Waals surface area contributed by atoms with Gasteiger partial charge in [-0.15, -0.1) is 0 Å². The lowest BCUT2D eigenvalue weighted by Crippen LogP contribution is -2.27. The highest BCUT2D eigenvalue weighted by atomic mass is 32.2. The number of hydrogen-bond donors (Lipinski definition) is 1. The summed E-state index contributed by atoms with van der Waals surface area (Å²) in [5, 5.41) is 5.29. The molecule has 3 aromatic heterocycles. The first-order valence-corrected chi connectivity index (χ1v) is 12.4. The number of carbonyl (C=O) groups excluding carboxylic acids is 1. The van der Waals surface area contributed by atoms with Crippen molar-refractivity contribution >= 4 is 26.8 Å². The second-order valence-electron chi connectivity index (χ2n) is 8.41. The average Bonchev–Trinajstić information content (AvgIpc) is 3.54. The van der Waals surface area contributed by atoms with E-state index >= 15 is 0 Å². The number of aromatic amines is 1. The molecule has 0 atom stereocenters. The van der Waals surface area contributed by atoms with E-state index in [0.717, 1.165) is 46.4 Å². The Hall–Kier alpha value is -3.30. The quantitative estimate of drug-likeness (QED) is 0.439. The van der Waals surface area contributed by atoms with Crippen LogP contribution in [0.1, 0.15) is 41.5 Å². The molecule has 1 N–H and O–H groups in total. The van der Waals surface area contributed by atoms with Gasteiger partial charge < -0.3 is 4.98 Å². The summed E-state index contributed by atoms with van der Waals surface area (Å²) < 4.78 is 29.0. The minimum atomic E-state index is -3.44. The van der Waals surface area contributed by atoms with Gasteiger partial charge in [-0.05, 0) is 62.1 Å². The van der Waals surface area contributed by atoms with Crippen molar-refractivity contribution in [2.24, 2.45) is 0 Å². The number of rotatable bonds is 6. The second kappa shape index (κ2) is 8.24. The zero-order valence-electron chi connectivity index (χ0n) is 18.6. The molecule has 0 spiro atoms. The lowest BCUT2D eigenvalue weighted by atomic mass is 10.0. The SMILES string of the molecule is CC(=O)c1cnn(Cc2cc3c(-c4ccc(S(=O)(=O)N5CCCC5)cc4)ccnc3[nH]2)c1C. The summed E-state index contributed by atoms with van der Waals surface area (Å²) in [6.07, 6.45) is 5.16. The number of sulfonamides is 1. The van der Waals surface area contributed by atoms with Crippen LogP contribution < -0.4 is 0 Å². The highest BCUT2D eigenvalue weighted by molar-refractivity contribution is 7.89. The summed E-state index contributed by atoms with van der Waals surface area (Å²) in [4.78, 5) is 19.8. The van der Waals surface area contributed by atoms with Crippen LogP contribution in [0.5, 0.6) is 0 Å². The van der Waals surface area contributed by atoms with Gasteiger partial charge >= 0.3 is 0 Å². The van der Waals surface area contributed by atoms with Crippen LogP contribution in [0.4, 0.5) is 0 Å². The fraction of sp³-hybridized carbons (Fsp3) is 0.292. The van der Waals surface area contributed by atoms with Gasteiger partial charge in [-0.2, -0.15) is 9.40 Å². The van der Waals surface area contributed by atoms with Crippen LogP contribution in [0.15, 0.2) is 53.7 Å². The number of carbonyl (C=O) groups is 1. The van der Waals surface area contributed by atoms with Gasteiger partial charge in [0.25, 0.3) is 0 Å². The molecule has 0 saturated carbocycles. The van der Waals surface area contributed by atoms with Crippen molar-refractivity contribution < 1.29 is 13.2 Å².